The largest absolute Gasteiger partial charge is 0.369 e. The molecule has 6 nitrogen and oxygen atoms in total. The zero-order chi connectivity index (χ0) is 24.0. The first-order valence-electron chi connectivity index (χ1n) is 12.2. The fourth-order valence-corrected chi connectivity index (χ4v) is 5.05. The van der Waals surface area contributed by atoms with Crippen LogP contribution in [-0.2, 0) is 7.05 Å². The molecule has 4 aromatic rings. The number of anilines is 1. The van der Waals surface area contributed by atoms with Gasteiger partial charge in [0.05, 0.1) is 16.9 Å². The van der Waals surface area contributed by atoms with Crippen LogP contribution in [0.2, 0.25) is 0 Å². The standard InChI is InChI=1S/C28H34N6/c1-18(2)33-11-13-34(14-12-33)24-9-7-22(8-10-24)25-17-26-27(21(5)30-25)31-28(32(26)6)23-15-19(3)29-20(4)16-23/h7-10,15-18H,11-14H2,1-6H3. The maximum Gasteiger partial charge on any atom is 0.141 e. The summed E-state index contributed by atoms with van der Waals surface area (Å²) < 4.78 is 2.17. The molecule has 0 atom stereocenters. The Hall–Kier alpha value is -3.25. The highest BCUT2D eigenvalue weighted by atomic mass is 15.3. The summed E-state index contributed by atoms with van der Waals surface area (Å²) in [7, 11) is 2.08. The van der Waals surface area contributed by atoms with E-state index in [2.05, 4.69) is 82.7 Å². The molecule has 0 aliphatic carbocycles. The summed E-state index contributed by atoms with van der Waals surface area (Å²) in [6.45, 7) is 15.1. The highest BCUT2D eigenvalue weighted by Gasteiger charge is 2.19. The zero-order valence-corrected chi connectivity index (χ0v) is 21.1. The summed E-state index contributed by atoms with van der Waals surface area (Å²) in [4.78, 5) is 19.4. The van der Waals surface area contributed by atoms with E-state index in [0.717, 1.165) is 76.9 Å². The number of fused-ring (bicyclic) bond motifs is 1. The normalized spacial score (nSPS) is 15.0. The molecule has 6 heteroatoms. The summed E-state index contributed by atoms with van der Waals surface area (Å²) in [5, 5.41) is 0. The summed E-state index contributed by atoms with van der Waals surface area (Å²) >= 11 is 0. The molecule has 1 aliphatic heterocycles. The second-order valence-corrected chi connectivity index (χ2v) is 9.76. The van der Waals surface area contributed by atoms with E-state index in [1.54, 1.807) is 0 Å². The van der Waals surface area contributed by atoms with Gasteiger partial charge in [-0.05, 0) is 65.0 Å². The van der Waals surface area contributed by atoms with Crippen LogP contribution in [-0.4, -0.2) is 56.6 Å². The molecule has 176 valence electrons. The van der Waals surface area contributed by atoms with Gasteiger partial charge in [-0.25, -0.2) is 4.98 Å². The summed E-state index contributed by atoms with van der Waals surface area (Å²) in [5.74, 6) is 0.946. The molecule has 0 bridgehead atoms. The quantitative estimate of drug-likeness (QED) is 0.427. The van der Waals surface area contributed by atoms with Gasteiger partial charge in [-0.2, -0.15) is 0 Å². The Labute approximate surface area is 202 Å². The number of piperazine rings is 1. The molecule has 3 aromatic heterocycles. The molecule has 0 spiro atoms. The Kier molecular flexibility index (Phi) is 5.86. The number of pyridine rings is 2. The second-order valence-electron chi connectivity index (χ2n) is 9.76. The molecule has 34 heavy (non-hydrogen) atoms. The van der Waals surface area contributed by atoms with Crippen molar-refractivity contribution in [3.8, 4) is 22.6 Å². The lowest BCUT2D eigenvalue weighted by atomic mass is 10.1. The Morgan fingerprint density at radius 1 is 0.765 bits per heavy atom. The van der Waals surface area contributed by atoms with Crippen molar-refractivity contribution in [2.45, 2.75) is 40.7 Å². The maximum atomic E-state index is 4.95. The Morgan fingerprint density at radius 3 is 2.03 bits per heavy atom. The first-order valence-corrected chi connectivity index (χ1v) is 12.2. The van der Waals surface area contributed by atoms with Crippen LogP contribution in [0.15, 0.2) is 42.5 Å². The number of hydrogen-bond donors (Lipinski definition) is 0. The Morgan fingerprint density at radius 2 is 1.41 bits per heavy atom. The lowest BCUT2D eigenvalue weighted by Crippen LogP contribution is -2.48. The average Bonchev–Trinajstić information content (AvgIpc) is 3.16. The molecule has 4 heterocycles. The minimum atomic E-state index is 0.618. The van der Waals surface area contributed by atoms with Crippen molar-refractivity contribution < 1.29 is 0 Å². The van der Waals surface area contributed by atoms with E-state index >= 15 is 0 Å². The first kappa shape index (κ1) is 22.5. The van der Waals surface area contributed by atoms with Gasteiger partial charge in [0.15, 0.2) is 0 Å². The predicted molar refractivity (Wildman–Crippen MR) is 140 cm³/mol. The monoisotopic (exact) mass is 454 g/mol. The number of imidazole rings is 1. The van der Waals surface area contributed by atoms with Crippen molar-refractivity contribution in [3.05, 3.63) is 59.5 Å². The van der Waals surface area contributed by atoms with Gasteiger partial charge in [0.25, 0.3) is 0 Å². The maximum absolute atomic E-state index is 4.95. The van der Waals surface area contributed by atoms with Crippen molar-refractivity contribution in [2.24, 2.45) is 7.05 Å². The van der Waals surface area contributed by atoms with E-state index in [9.17, 15) is 0 Å². The lowest BCUT2D eigenvalue weighted by molar-refractivity contribution is 0.209. The second kappa shape index (κ2) is 8.84. The number of aromatic nitrogens is 4. The molecule has 0 saturated carbocycles. The first-order chi connectivity index (χ1) is 16.3. The number of aryl methyl sites for hydroxylation is 4. The molecule has 5 rings (SSSR count). The highest BCUT2D eigenvalue weighted by Crippen LogP contribution is 2.30. The van der Waals surface area contributed by atoms with Crippen LogP contribution < -0.4 is 4.90 Å². The fraction of sp³-hybridized carbons (Fsp3) is 0.393. The van der Waals surface area contributed by atoms with E-state index in [1.807, 2.05) is 20.8 Å². The van der Waals surface area contributed by atoms with Crippen LogP contribution >= 0.6 is 0 Å². The summed E-state index contributed by atoms with van der Waals surface area (Å²) in [5.41, 5.74) is 9.50. The number of rotatable bonds is 4. The van der Waals surface area contributed by atoms with Gasteiger partial charge in [0.1, 0.15) is 11.3 Å². The van der Waals surface area contributed by atoms with Crippen molar-refractivity contribution >= 4 is 16.7 Å². The van der Waals surface area contributed by atoms with Gasteiger partial charge < -0.3 is 9.47 Å². The summed E-state index contributed by atoms with van der Waals surface area (Å²) in [6.07, 6.45) is 0. The van der Waals surface area contributed by atoms with Crippen LogP contribution in [0.1, 0.15) is 30.9 Å². The zero-order valence-electron chi connectivity index (χ0n) is 21.1. The van der Waals surface area contributed by atoms with Crippen molar-refractivity contribution in [1.82, 2.24) is 24.4 Å². The van der Waals surface area contributed by atoms with E-state index < -0.39 is 0 Å². The lowest BCUT2D eigenvalue weighted by Gasteiger charge is -2.38. The van der Waals surface area contributed by atoms with Crippen LogP contribution in [0.3, 0.4) is 0 Å². The van der Waals surface area contributed by atoms with Crippen LogP contribution in [0.4, 0.5) is 5.69 Å². The van der Waals surface area contributed by atoms with Crippen molar-refractivity contribution in [2.75, 3.05) is 31.1 Å². The van der Waals surface area contributed by atoms with Gasteiger partial charge in [-0.15, -0.1) is 0 Å². The number of benzene rings is 1. The van der Waals surface area contributed by atoms with Crippen LogP contribution in [0.25, 0.3) is 33.7 Å². The molecule has 1 aliphatic rings. The number of nitrogens with zero attached hydrogens (tertiary/aromatic N) is 6. The van der Waals surface area contributed by atoms with E-state index in [4.69, 9.17) is 9.97 Å². The Bertz CT molecular complexity index is 1310. The molecule has 0 N–H and O–H groups in total. The van der Waals surface area contributed by atoms with Gasteiger partial charge in [-0.1, -0.05) is 12.1 Å². The highest BCUT2D eigenvalue weighted by molar-refractivity contribution is 5.86. The predicted octanol–water partition coefficient (Wildman–Crippen LogP) is 5.15. The molecule has 1 aromatic carbocycles. The molecule has 0 unspecified atom stereocenters. The van der Waals surface area contributed by atoms with Crippen LogP contribution in [0.5, 0.6) is 0 Å². The Balaban J connectivity index is 1.45. The van der Waals surface area contributed by atoms with Crippen molar-refractivity contribution in [3.63, 3.8) is 0 Å². The van der Waals surface area contributed by atoms with Gasteiger partial charge in [-0.3, -0.25) is 14.9 Å². The molecule has 1 saturated heterocycles. The summed E-state index contributed by atoms with van der Waals surface area (Å²) in [6, 6.07) is 15.8. The third kappa shape index (κ3) is 4.18. The van der Waals surface area contributed by atoms with Crippen molar-refractivity contribution in [1.29, 1.82) is 0 Å². The average molecular weight is 455 g/mol. The third-order valence-corrected chi connectivity index (χ3v) is 6.96. The van der Waals surface area contributed by atoms with Gasteiger partial charge >= 0.3 is 0 Å². The van der Waals surface area contributed by atoms with Gasteiger partial charge in [0.2, 0.25) is 0 Å². The molecule has 0 radical (unpaired) electrons. The van der Waals surface area contributed by atoms with Crippen LogP contribution in [0, 0.1) is 20.8 Å². The molecule has 1 fully saturated rings. The van der Waals surface area contributed by atoms with E-state index in [1.165, 1.54) is 5.69 Å². The molecular weight excluding hydrogens is 420 g/mol. The number of hydrogen-bond acceptors (Lipinski definition) is 5. The van der Waals surface area contributed by atoms with E-state index in [0.29, 0.717) is 6.04 Å². The SMILES string of the molecule is Cc1cc(-c2nc3c(C)nc(-c4ccc(N5CCN(C(C)C)CC5)cc4)cc3n2C)cc(C)n1. The fourth-order valence-electron chi connectivity index (χ4n) is 5.05. The minimum Gasteiger partial charge on any atom is -0.369 e. The third-order valence-electron chi connectivity index (χ3n) is 6.96. The minimum absolute atomic E-state index is 0.618. The van der Waals surface area contributed by atoms with E-state index in [-0.39, 0.29) is 0 Å². The molecule has 0 amide bonds. The topological polar surface area (TPSA) is 50.1 Å². The smallest absolute Gasteiger partial charge is 0.141 e. The molecular formula is C28H34N6. The van der Waals surface area contributed by atoms with Gasteiger partial charge in [0, 0.05) is 67.5 Å².